The van der Waals surface area contributed by atoms with E-state index >= 15 is 0 Å². The molecule has 0 bridgehead atoms. The Morgan fingerprint density at radius 3 is 2.43 bits per heavy atom. The Kier molecular flexibility index (Phi) is 2.68. The first-order valence-corrected chi connectivity index (χ1v) is 7.01. The second kappa shape index (κ2) is 4.67. The largest absolute Gasteiger partial charge is 0.497 e. The third-order valence-electron chi connectivity index (χ3n) is 3.91. The molecule has 0 amide bonds. The number of hydrogen-bond donors (Lipinski definition) is 0. The normalized spacial score (nSPS) is 11.1. The van der Waals surface area contributed by atoms with Crippen molar-refractivity contribution >= 4 is 16.3 Å². The van der Waals surface area contributed by atoms with Gasteiger partial charge in [0.15, 0.2) is 0 Å². The Balaban J connectivity index is 2.19. The number of ether oxygens (including phenoxy) is 1. The molecule has 2 heterocycles. The molecule has 0 N–H and O–H groups in total. The van der Waals surface area contributed by atoms with E-state index in [1.165, 1.54) is 27.5 Å². The highest BCUT2D eigenvalue weighted by Crippen LogP contribution is 2.35. The number of benzene rings is 2. The second-order valence-corrected chi connectivity index (χ2v) is 5.08. The summed E-state index contributed by atoms with van der Waals surface area (Å²) in [7, 11) is 1.71. The number of methoxy groups -OCH3 is 1. The lowest BCUT2D eigenvalue weighted by Crippen LogP contribution is -1.87. The maximum Gasteiger partial charge on any atom is 0.119 e. The second-order valence-electron chi connectivity index (χ2n) is 5.08. The van der Waals surface area contributed by atoms with Crippen molar-refractivity contribution < 1.29 is 4.74 Å². The monoisotopic (exact) mass is 273 g/mol. The highest BCUT2D eigenvalue weighted by Gasteiger charge is 2.13. The van der Waals surface area contributed by atoms with Gasteiger partial charge in [0, 0.05) is 17.0 Å². The van der Waals surface area contributed by atoms with E-state index in [0.29, 0.717) is 0 Å². The van der Waals surface area contributed by atoms with E-state index in [2.05, 4.69) is 65.2 Å². The highest BCUT2D eigenvalue weighted by atomic mass is 16.5. The van der Waals surface area contributed by atoms with Crippen molar-refractivity contribution in [1.29, 1.82) is 0 Å². The van der Waals surface area contributed by atoms with Gasteiger partial charge in [0.05, 0.1) is 18.3 Å². The number of nitrogens with zero attached hydrogens (tertiary/aromatic N) is 1. The van der Waals surface area contributed by atoms with Gasteiger partial charge in [-0.2, -0.15) is 0 Å². The van der Waals surface area contributed by atoms with E-state index < -0.39 is 0 Å². The van der Waals surface area contributed by atoms with Crippen LogP contribution < -0.4 is 4.74 Å². The van der Waals surface area contributed by atoms with E-state index in [0.717, 1.165) is 5.75 Å². The number of pyridine rings is 1. The molecule has 102 valence electrons. The van der Waals surface area contributed by atoms with E-state index in [9.17, 15) is 0 Å². The van der Waals surface area contributed by atoms with Crippen LogP contribution in [0.5, 0.6) is 5.75 Å². The minimum Gasteiger partial charge on any atom is -0.497 e. The topological polar surface area (TPSA) is 13.6 Å². The molecule has 0 atom stereocenters. The fraction of sp³-hybridized carbons (Fsp3) is 0.0526. The fourth-order valence-corrected chi connectivity index (χ4v) is 2.95. The number of fused-ring (bicyclic) bond motifs is 3. The quantitative estimate of drug-likeness (QED) is 0.513. The van der Waals surface area contributed by atoms with Gasteiger partial charge in [0.25, 0.3) is 0 Å². The van der Waals surface area contributed by atoms with Crippen LogP contribution in [0.1, 0.15) is 0 Å². The zero-order chi connectivity index (χ0) is 14.2. The van der Waals surface area contributed by atoms with Gasteiger partial charge in [-0.25, -0.2) is 0 Å². The highest BCUT2D eigenvalue weighted by molar-refractivity contribution is 6.07. The smallest absolute Gasteiger partial charge is 0.119 e. The van der Waals surface area contributed by atoms with Crippen LogP contribution in [0.2, 0.25) is 0 Å². The van der Waals surface area contributed by atoms with E-state index in [1.54, 1.807) is 7.11 Å². The maximum atomic E-state index is 5.40. The Morgan fingerprint density at radius 1 is 0.810 bits per heavy atom. The van der Waals surface area contributed by atoms with Crippen molar-refractivity contribution in [2.45, 2.75) is 0 Å². The zero-order valence-corrected chi connectivity index (χ0v) is 11.8. The lowest BCUT2D eigenvalue weighted by molar-refractivity contribution is 0.415. The van der Waals surface area contributed by atoms with Crippen molar-refractivity contribution in [3.63, 3.8) is 0 Å². The van der Waals surface area contributed by atoms with Crippen molar-refractivity contribution in [2.75, 3.05) is 7.11 Å². The summed E-state index contributed by atoms with van der Waals surface area (Å²) in [6, 6.07) is 23.0. The summed E-state index contributed by atoms with van der Waals surface area (Å²) in [5.74, 6) is 0.885. The van der Waals surface area contributed by atoms with Gasteiger partial charge in [0.1, 0.15) is 5.75 Å². The molecule has 2 heteroatoms. The zero-order valence-electron chi connectivity index (χ0n) is 11.8. The molecule has 2 aromatic heterocycles. The third kappa shape index (κ3) is 1.80. The minimum atomic E-state index is 0.885. The van der Waals surface area contributed by atoms with Crippen LogP contribution >= 0.6 is 0 Å². The van der Waals surface area contributed by atoms with Gasteiger partial charge in [-0.1, -0.05) is 36.4 Å². The minimum absolute atomic E-state index is 0.885. The predicted octanol–water partition coefficient (Wildman–Crippen LogP) is 4.77. The Morgan fingerprint density at radius 2 is 1.62 bits per heavy atom. The molecular weight excluding hydrogens is 258 g/mol. The van der Waals surface area contributed by atoms with Gasteiger partial charge in [0.2, 0.25) is 0 Å². The molecular formula is C19H15NO. The van der Waals surface area contributed by atoms with Crippen molar-refractivity contribution in [2.24, 2.45) is 0 Å². The predicted molar refractivity (Wildman–Crippen MR) is 86.9 cm³/mol. The summed E-state index contributed by atoms with van der Waals surface area (Å²) in [6.45, 7) is 0. The summed E-state index contributed by atoms with van der Waals surface area (Å²) in [4.78, 5) is 0. The molecule has 0 aliphatic carbocycles. The molecule has 4 aromatic rings. The van der Waals surface area contributed by atoms with Crippen LogP contribution in [-0.2, 0) is 0 Å². The number of aromatic nitrogens is 1. The molecule has 0 saturated carbocycles. The number of rotatable bonds is 2. The summed E-state index contributed by atoms with van der Waals surface area (Å²) < 4.78 is 7.65. The summed E-state index contributed by atoms with van der Waals surface area (Å²) in [5.41, 5.74) is 3.64. The molecule has 0 unspecified atom stereocenters. The summed E-state index contributed by atoms with van der Waals surface area (Å²) in [6.07, 6.45) is 2.12. The van der Waals surface area contributed by atoms with Crippen LogP contribution in [-0.4, -0.2) is 11.5 Å². The molecule has 0 fully saturated rings. The Hall–Kier alpha value is -2.74. The molecule has 0 aliphatic rings. The first-order chi connectivity index (χ1) is 10.4. The van der Waals surface area contributed by atoms with Crippen LogP contribution in [0.3, 0.4) is 0 Å². The average Bonchev–Trinajstić information content (AvgIpc) is 2.89. The van der Waals surface area contributed by atoms with E-state index in [-0.39, 0.29) is 0 Å². The van der Waals surface area contributed by atoms with Crippen LogP contribution in [0.4, 0.5) is 0 Å². The van der Waals surface area contributed by atoms with Crippen molar-refractivity contribution in [1.82, 2.24) is 4.40 Å². The molecule has 21 heavy (non-hydrogen) atoms. The molecule has 2 nitrogen and oxygen atoms in total. The molecule has 0 radical (unpaired) electrons. The summed E-state index contributed by atoms with van der Waals surface area (Å²) >= 11 is 0. The maximum absolute atomic E-state index is 5.40. The summed E-state index contributed by atoms with van der Waals surface area (Å²) in [5, 5.41) is 2.46. The Labute approximate surface area is 123 Å². The van der Waals surface area contributed by atoms with Gasteiger partial charge in [-0.05, 0) is 35.9 Å². The third-order valence-corrected chi connectivity index (χ3v) is 3.91. The lowest BCUT2D eigenvalue weighted by Gasteiger charge is -2.04. The van der Waals surface area contributed by atoms with Gasteiger partial charge < -0.3 is 9.14 Å². The molecule has 0 spiro atoms. The fourth-order valence-electron chi connectivity index (χ4n) is 2.95. The first kappa shape index (κ1) is 12.0. The standard InChI is InChI=1S/C19H15NO/c1-21-15-10-11-16-17(13-15)19(14-7-3-2-4-8-14)20-12-6-5-9-18(16)20/h2-13H,1H3. The Bertz CT molecular complexity index is 922. The van der Waals surface area contributed by atoms with Crippen LogP contribution in [0.25, 0.3) is 27.5 Å². The molecule has 0 saturated heterocycles. The lowest BCUT2D eigenvalue weighted by atomic mass is 10.1. The van der Waals surface area contributed by atoms with Gasteiger partial charge in [-0.3, -0.25) is 0 Å². The van der Waals surface area contributed by atoms with Crippen LogP contribution in [0.15, 0.2) is 72.9 Å². The molecule has 2 aromatic carbocycles. The van der Waals surface area contributed by atoms with Gasteiger partial charge >= 0.3 is 0 Å². The van der Waals surface area contributed by atoms with E-state index in [1.807, 2.05) is 12.1 Å². The van der Waals surface area contributed by atoms with Crippen LogP contribution in [0, 0.1) is 0 Å². The SMILES string of the molecule is COc1ccc2c(c1)c(-c1ccccc1)n1ccccc21. The average molecular weight is 273 g/mol. The van der Waals surface area contributed by atoms with Gasteiger partial charge in [-0.15, -0.1) is 0 Å². The molecule has 4 rings (SSSR count). The first-order valence-electron chi connectivity index (χ1n) is 7.01. The van der Waals surface area contributed by atoms with E-state index in [4.69, 9.17) is 4.74 Å². The number of hydrogen-bond acceptors (Lipinski definition) is 1. The van der Waals surface area contributed by atoms with Crippen molar-refractivity contribution in [3.8, 4) is 17.0 Å². The van der Waals surface area contributed by atoms with Crippen molar-refractivity contribution in [3.05, 3.63) is 72.9 Å². The molecule has 0 aliphatic heterocycles.